The molecule has 0 aliphatic carbocycles. The van der Waals surface area contributed by atoms with Crippen LogP contribution in [0, 0.1) is 17.2 Å². The van der Waals surface area contributed by atoms with Crippen molar-refractivity contribution in [3.05, 3.63) is 54.4 Å². The van der Waals surface area contributed by atoms with Gasteiger partial charge >= 0.3 is 0 Å². The van der Waals surface area contributed by atoms with Gasteiger partial charge in [-0.25, -0.2) is 4.68 Å². The van der Waals surface area contributed by atoms with Crippen LogP contribution >= 0.6 is 0 Å². The molecule has 0 aliphatic rings. The molecule has 1 amide bonds. The van der Waals surface area contributed by atoms with E-state index in [1.165, 1.54) is 11.0 Å². The fourth-order valence-corrected chi connectivity index (χ4v) is 1.98. The minimum absolute atomic E-state index is 0.130. The molecule has 112 valence electrons. The molecule has 0 fully saturated rings. The van der Waals surface area contributed by atoms with Crippen LogP contribution in [0.5, 0.6) is 0 Å². The molecular weight excluding hydrogens is 276 g/mol. The SMILES string of the molecule is C[C@H](C#N)CN(C)C(=O)/C=C/c1cnn(-c2ccccc2)c1. The lowest BCUT2D eigenvalue weighted by Crippen LogP contribution is -2.29. The Hall–Kier alpha value is -2.87. The Bertz CT molecular complexity index is 697. The lowest BCUT2D eigenvalue weighted by Gasteiger charge is -2.15. The van der Waals surface area contributed by atoms with Gasteiger partial charge < -0.3 is 4.90 Å². The first kappa shape index (κ1) is 15.5. The lowest BCUT2D eigenvalue weighted by molar-refractivity contribution is -0.125. The minimum Gasteiger partial charge on any atom is -0.341 e. The van der Waals surface area contributed by atoms with E-state index in [1.54, 1.807) is 30.9 Å². The lowest BCUT2D eigenvalue weighted by atomic mass is 10.2. The van der Waals surface area contributed by atoms with Gasteiger partial charge in [0.15, 0.2) is 0 Å². The molecule has 1 heterocycles. The summed E-state index contributed by atoms with van der Waals surface area (Å²) in [6.07, 6.45) is 6.78. The molecule has 0 radical (unpaired) electrons. The fourth-order valence-electron chi connectivity index (χ4n) is 1.98. The summed E-state index contributed by atoms with van der Waals surface area (Å²) < 4.78 is 1.76. The van der Waals surface area contributed by atoms with Crippen LogP contribution in [0.3, 0.4) is 0 Å². The molecule has 5 heteroatoms. The number of carbonyl (C=O) groups is 1. The monoisotopic (exact) mass is 294 g/mol. The predicted molar refractivity (Wildman–Crippen MR) is 85.0 cm³/mol. The van der Waals surface area contributed by atoms with Crippen LogP contribution < -0.4 is 0 Å². The smallest absolute Gasteiger partial charge is 0.246 e. The van der Waals surface area contributed by atoms with Crippen LogP contribution in [-0.2, 0) is 4.79 Å². The van der Waals surface area contributed by atoms with Gasteiger partial charge in [0.25, 0.3) is 0 Å². The van der Waals surface area contributed by atoms with Crippen molar-refractivity contribution >= 4 is 12.0 Å². The molecule has 1 aromatic heterocycles. The number of amides is 1. The number of carbonyl (C=O) groups excluding carboxylic acids is 1. The fraction of sp³-hybridized carbons (Fsp3) is 0.235. The predicted octanol–water partition coefficient (Wildman–Crippen LogP) is 2.50. The van der Waals surface area contributed by atoms with Crippen molar-refractivity contribution in [1.29, 1.82) is 5.26 Å². The summed E-state index contributed by atoms with van der Waals surface area (Å²) in [4.78, 5) is 13.5. The van der Waals surface area contributed by atoms with Crippen molar-refractivity contribution < 1.29 is 4.79 Å². The zero-order valence-electron chi connectivity index (χ0n) is 12.7. The normalized spacial score (nSPS) is 12.0. The number of likely N-dealkylation sites (N-methyl/N-ethyl adjacent to an activating group) is 1. The molecule has 0 bridgehead atoms. The van der Waals surface area contributed by atoms with Crippen molar-refractivity contribution in [2.24, 2.45) is 5.92 Å². The van der Waals surface area contributed by atoms with Gasteiger partial charge in [0.1, 0.15) is 0 Å². The number of benzene rings is 1. The largest absolute Gasteiger partial charge is 0.341 e. The van der Waals surface area contributed by atoms with E-state index in [9.17, 15) is 4.79 Å². The highest BCUT2D eigenvalue weighted by molar-refractivity contribution is 5.91. The van der Waals surface area contributed by atoms with E-state index >= 15 is 0 Å². The van der Waals surface area contributed by atoms with Gasteiger partial charge in [-0.15, -0.1) is 0 Å². The van der Waals surface area contributed by atoms with Crippen molar-refractivity contribution in [3.8, 4) is 11.8 Å². The Labute approximate surface area is 130 Å². The van der Waals surface area contributed by atoms with E-state index < -0.39 is 0 Å². The number of para-hydroxylation sites is 1. The summed E-state index contributed by atoms with van der Waals surface area (Å²) in [6.45, 7) is 2.21. The Balaban J connectivity index is 2.01. The highest BCUT2D eigenvalue weighted by atomic mass is 16.2. The highest BCUT2D eigenvalue weighted by Crippen LogP contribution is 2.09. The van der Waals surface area contributed by atoms with E-state index in [0.717, 1.165) is 11.3 Å². The third-order valence-electron chi connectivity index (χ3n) is 3.19. The maximum absolute atomic E-state index is 11.9. The van der Waals surface area contributed by atoms with Crippen LogP contribution in [0.2, 0.25) is 0 Å². The number of nitriles is 1. The third kappa shape index (κ3) is 4.06. The molecule has 2 rings (SSSR count). The maximum atomic E-state index is 11.9. The molecule has 2 aromatic rings. The van der Waals surface area contributed by atoms with Crippen molar-refractivity contribution in [1.82, 2.24) is 14.7 Å². The van der Waals surface area contributed by atoms with E-state index in [1.807, 2.05) is 36.5 Å². The summed E-state index contributed by atoms with van der Waals surface area (Å²) >= 11 is 0. The molecule has 0 N–H and O–H groups in total. The van der Waals surface area contributed by atoms with Crippen molar-refractivity contribution in [2.45, 2.75) is 6.92 Å². The van der Waals surface area contributed by atoms with Crippen molar-refractivity contribution in [2.75, 3.05) is 13.6 Å². The Morgan fingerprint density at radius 1 is 1.45 bits per heavy atom. The molecule has 0 saturated heterocycles. The first-order valence-corrected chi connectivity index (χ1v) is 7.03. The Morgan fingerprint density at radius 2 is 2.18 bits per heavy atom. The topological polar surface area (TPSA) is 61.9 Å². The molecule has 5 nitrogen and oxygen atoms in total. The van der Waals surface area contributed by atoms with E-state index in [2.05, 4.69) is 11.2 Å². The number of nitrogens with zero attached hydrogens (tertiary/aromatic N) is 4. The van der Waals surface area contributed by atoms with Gasteiger partial charge in [0, 0.05) is 31.4 Å². The summed E-state index contributed by atoms with van der Waals surface area (Å²) in [5, 5.41) is 13.0. The van der Waals surface area contributed by atoms with E-state index in [0.29, 0.717) is 6.54 Å². The van der Waals surface area contributed by atoms with E-state index in [4.69, 9.17) is 5.26 Å². The Morgan fingerprint density at radius 3 is 2.86 bits per heavy atom. The van der Waals surface area contributed by atoms with Gasteiger partial charge in [-0.05, 0) is 25.1 Å². The second-order valence-corrected chi connectivity index (χ2v) is 5.14. The zero-order chi connectivity index (χ0) is 15.9. The zero-order valence-corrected chi connectivity index (χ0v) is 12.7. The molecule has 1 aromatic carbocycles. The van der Waals surface area contributed by atoms with E-state index in [-0.39, 0.29) is 11.8 Å². The van der Waals surface area contributed by atoms with Crippen LogP contribution in [0.1, 0.15) is 12.5 Å². The van der Waals surface area contributed by atoms with Gasteiger partial charge in [-0.3, -0.25) is 4.79 Å². The van der Waals surface area contributed by atoms with Crippen molar-refractivity contribution in [3.63, 3.8) is 0 Å². The summed E-state index contributed by atoms with van der Waals surface area (Å²) in [5.41, 5.74) is 1.81. The molecule has 0 spiro atoms. The van der Waals surface area contributed by atoms with Gasteiger partial charge in [-0.1, -0.05) is 18.2 Å². The molecule has 1 atom stereocenters. The van der Waals surface area contributed by atoms with Crippen LogP contribution in [0.15, 0.2) is 48.8 Å². The number of hydrogen-bond acceptors (Lipinski definition) is 3. The summed E-state index contributed by atoms with van der Waals surface area (Å²) in [6, 6.07) is 11.9. The quantitative estimate of drug-likeness (QED) is 0.796. The first-order chi connectivity index (χ1) is 10.6. The summed E-state index contributed by atoms with van der Waals surface area (Å²) in [7, 11) is 1.69. The second kappa shape index (κ2) is 7.23. The van der Waals surface area contributed by atoms with Crippen LogP contribution in [-0.4, -0.2) is 34.2 Å². The summed E-state index contributed by atoms with van der Waals surface area (Å²) in [5.74, 6) is -0.308. The minimum atomic E-state index is -0.178. The maximum Gasteiger partial charge on any atom is 0.246 e. The molecule has 0 unspecified atom stereocenters. The van der Waals surface area contributed by atoms with Gasteiger partial charge in [-0.2, -0.15) is 10.4 Å². The molecular formula is C17H18N4O. The van der Waals surface area contributed by atoms with Crippen LogP contribution in [0.4, 0.5) is 0 Å². The van der Waals surface area contributed by atoms with Gasteiger partial charge in [0.2, 0.25) is 5.91 Å². The standard InChI is InChI=1S/C17H18N4O/c1-14(10-18)12-20(2)17(22)9-8-15-11-19-21(13-15)16-6-4-3-5-7-16/h3-9,11,13-14H,12H2,1-2H3/b9-8+/t14-/m1/s1. The molecule has 0 aliphatic heterocycles. The Kier molecular flexibility index (Phi) is 5.10. The highest BCUT2D eigenvalue weighted by Gasteiger charge is 2.09. The second-order valence-electron chi connectivity index (χ2n) is 5.14. The average Bonchev–Trinajstić information content (AvgIpc) is 3.02. The first-order valence-electron chi connectivity index (χ1n) is 7.03. The number of rotatable bonds is 5. The molecule has 22 heavy (non-hydrogen) atoms. The van der Waals surface area contributed by atoms with Gasteiger partial charge in [0.05, 0.1) is 23.9 Å². The van der Waals surface area contributed by atoms with Crippen LogP contribution in [0.25, 0.3) is 11.8 Å². The number of hydrogen-bond donors (Lipinski definition) is 0. The third-order valence-corrected chi connectivity index (χ3v) is 3.19. The number of aromatic nitrogens is 2. The average molecular weight is 294 g/mol. The molecule has 0 saturated carbocycles.